The van der Waals surface area contributed by atoms with E-state index in [9.17, 15) is 0 Å². The summed E-state index contributed by atoms with van der Waals surface area (Å²) in [5, 5.41) is 3.37. The average molecular weight is 275 g/mol. The number of hydrogen-bond donors (Lipinski definition) is 1. The van der Waals surface area contributed by atoms with Crippen molar-refractivity contribution in [1.29, 1.82) is 0 Å². The lowest BCUT2D eigenvalue weighted by molar-refractivity contribution is -0.0459. The van der Waals surface area contributed by atoms with Crippen LogP contribution in [0.2, 0.25) is 0 Å². The molecule has 0 aliphatic heterocycles. The lowest BCUT2D eigenvalue weighted by Gasteiger charge is -2.30. The molecule has 0 bridgehead atoms. The van der Waals surface area contributed by atoms with Crippen LogP contribution in [0.15, 0.2) is 6.20 Å². The molecule has 1 N–H and O–H groups in total. The highest BCUT2D eigenvalue weighted by atomic mass is 16.5. The van der Waals surface area contributed by atoms with E-state index in [0.717, 1.165) is 31.7 Å². The lowest BCUT2D eigenvalue weighted by Crippen LogP contribution is -2.31. The van der Waals surface area contributed by atoms with Gasteiger partial charge in [-0.3, -0.25) is 0 Å². The zero-order chi connectivity index (χ0) is 14.0. The topological polar surface area (TPSA) is 47.0 Å². The van der Waals surface area contributed by atoms with Crippen molar-refractivity contribution in [2.24, 2.45) is 0 Å². The molecule has 0 radical (unpaired) electrons. The van der Waals surface area contributed by atoms with E-state index in [1.54, 1.807) is 0 Å². The molecule has 0 spiro atoms. The first-order valence-corrected chi connectivity index (χ1v) is 7.96. The second-order valence-corrected chi connectivity index (χ2v) is 5.96. The van der Waals surface area contributed by atoms with Gasteiger partial charge >= 0.3 is 0 Å². The van der Waals surface area contributed by atoms with Crippen molar-refractivity contribution in [2.45, 2.75) is 63.5 Å². The van der Waals surface area contributed by atoms with E-state index in [0.29, 0.717) is 6.04 Å². The molecule has 0 amide bonds. The summed E-state index contributed by atoms with van der Waals surface area (Å²) in [5.41, 5.74) is 2.30. The third kappa shape index (κ3) is 2.35. The molecule has 1 aromatic heterocycles. The van der Waals surface area contributed by atoms with Gasteiger partial charge in [0.05, 0.1) is 0 Å². The fourth-order valence-corrected chi connectivity index (χ4v) is 3.72. The molecule has 1 saturated carbocycles. The number of ether oxygens (including phenoxy) is 1. The predicted molar refractivity (Wildman–Crippen MR) is 78.5 cm³/mol. The van der Waals surface area contributed by atoms with Crippen molar-refractivity contribution in [3.05, 3.63) is 23.3 Å². The Morgan fingerprint density at radius 2 is 2.15 bits per heavy atom. The SMILES string of the molecule is CCOC1(c2ncc3c(n2)CCCC3NC)CCCC1. The Labute approximate surface area is 121 Å². The Balaban J connectivity index is 1.95. The van der Waals surface area contributed by atoms with Crippen molar-refractivity contribution in [1.82, 2.24) is 15.3 Å². The van der Waals surface area contributed by atoms with Crippen LogP contribution in [-0.2, 0) is 16.8 Å². The first-order chi connectivity index (χ1) is 9.79. The number of rotatable bonds is 4. The lowest BCUT2D eigenvalue weighted by atomic mass is 9.91. The van der Waals surface area contributed by atoms with Gasteiger partial charge in [0.25, 0.3) is 0 Å². The van der Waals surface area contributed by atoms with Crippen molar-refractivity contribution in [3.8, 4) is 0 Å². The molecule has 1 unspecified atom stereocenters. The largest absolute Gasteiger partial charge is 0.367 e. The van der Waals surface area contributed by atoms with Gasteiger partial charge in [0.15, 0.2) is 5.82 Å². The summed E-state index contributed by atoms with van der Waals surface area (Å²) in [6, 6.07) is 0.416. The van der Waals surface area contributed by atoms with Crippen molar-refractivity contribution in [3.63, 3.8) is 0 Å². The first-order valence-electron chi connectivity index (χ1n) is 7.96. The Kier molecular flexibility index (Phi) is 4.03. The fraction of sp³-hybridized carbons (Fsp3) is 0.750. The molecule has 1 heterocycles. The van der Waals surface area contributed by atoms with Crippen LogP contribution in [0.3, 0.4) is 0 Å². The Morgan fingerprint density at radius 3 is 2.85 bits per heavy atom. The maximum absolute atomic E-state index is 6.08. The third-order valence-electron chi connectivity index (χ3n) is 4.77. The molecular weight excluding hydrogens is 250 g/mol. The number of aryl methyl sites for hydroxylation is 1. The van der Waals surface area contributed by atoms with Gasteiger partial charge in [-0.1, -0.05) is 0 Å². The standard InChI is InChI=1S/C16H25N3O/c1-3-20-16(9-4-5-10-16)15-18-11-12-13(17-2)7-6-8-14(12)19-15/h11,13,17H,3-10H2,1-2H3. The molecular formula is C16H25N3O. The van der Waals surface area contributed by atoms with Gasteiger partial charge in [0.1, 0.15) is 5.60 Å². The van der Waals surface area contributed by atoms with Crippen LogP contribution >= 0.6 is 0 Å². The predicted octanol–water partition coefficient (Wildman–Crippen LogP) is 2.88. The van der Waals surface area contributed by atoms with Crippen LogP contribution in [0.1, 0.15) is 68.6 Å². The molecule has 4 nitrogen and oxygen atoms in total. The molecule has 2 aliphatic rings. The summed E-state index contributed by atoms with van der Waals surface area (Å²) in [7, 11) is 2.02. The Morgan fingerprint density at radius 1 is 1.35 bits per heavy atom. The zero-order valence-electron chi connectivity index (χ0n) is 12.6. The van der Waals surface area contributed by atoms with Gasteiger partial charge in [-0.15, -0.1) is 0 Å². The quantitative estimate of drug-likeness (QED) is 0.918. The van der Waals surface area contributed by atoms with E-state index in [1.807, 2.05) is 13.2 Å². The monoisotopic (exact) mass is 275 g/mol. The maximum Gasteiger partial charge on any atom is 0.160 e. The molecule has 0 aromatic carbocycles. The second-order valence-electron chi connectivity index (χ2n) is 5.96. The van der Waals surface area contributed by atoms with E-state index < -0.39 is 0 Å². The number of hydrogen-bond acceptors (Lipinski definition) is 4. The van der Waals surface area contributed by atoms with Crippen LogP contribution < -0.4 is 5.32 Å². The van der Waals surface area contributed by atoms with Crippen molar-refractivity contribution >= 4 is 0 Å². The molecule has 3 rings (SSSR count). The first kappa shape index (κ1) is 14.0. The number of aromatic nitrogens is 2. The molecule has 110 valence electrons. The molecule has 4 heteroatoms. The highest BCUT2D eigenvalue weighted by Gasteiger charge is 2.39. The van der Waals surface area contributed by atoms with Crippen LogP contribution in [0.4, 0.5) is 0 Å². The minimum atomic E-state index is -0.212. The summed E-state index contributed by atoms with van der Waals surface area (Å²) >= 11 is 0. The second kappa shape index (κ2) is 5.78. The summed E-state index contributed by atoms with van der Waals surface area (Å²) < 4.78 is 6.08. The highest BCUT2D eigenvalue weighted by Crippen LogP contribution is 2.41. The van der Waals surface area contributed by atoms with Gasteiger partial charge in [-0.05, 0) is 58.9 Å². The highest BCUT2D eigenvalue weighted by molar-refractivity contribution is 5.26. The summed E-state index contributed by atoms with van der Waals surface area (Å²) in [4.78, 5) is 9.60. The number of fused-ring (bicyclic) bond motifs is 1. The minimum Gasteiger partial charge on any atom is -0.367 e. The van der Waals surface area contributed by atoms with Gasteiger partial charge in [-0.25, -0.2) is 9.97 Å². The van der Waals surface area contributed by atoms with E-state index >= 15 is 0 Å². The Bertz CT molecular complexity index is 469. The third-order valence-corrected chi connectivity index (χ3v) is 4.77. The van der Waals surface area contributed by atoms with Crippen LogP contribution in [0.25, 0.3) is 0 Å². The smallest absolute Gasteiger partial charge is 0.160 e. The molecule has 1 atom stereocenters. The van der Waals surface area contributed by atoms with E-state index in [-0.39, 0.29) is 5.60 Å². The molecule has 1 aromatic rings. The van der Waals surface area contributed by atoms with Gasteiger partial charge in [0, 0.05) is 30.1 Å². The van der Waals surface area contributed by atoms with Crippen LogP contribution in [-0.4, -0.2) is 23.6 Å². The minimum absolute atomic E-state index is 0.212. The van der Waals surface area contributed by atoms with Crippen LogP contribution in [0.5, 0.6) is 0 Å². The molecule has 1 fully saturated rings. The average Bonchev–Trinajstić information content (AvgIpc) is 2.96. The number of nitrogens with one attached hydrogen (secondary N) is 1. The maximum atomic E-state index is 6.08. The molecule has 20 heavy (non-hydrogen) atoms. The fourth-order valence-electron chi connectivity index (χ4n) is 3.72. The van der Waals surface area contributed by atoms with Gasteiger partial charge in [0.2, 0.25) is 0 Å². The zero-order valence-corrected chi connectivity index (χ0v) is 12.6. The number of nitrogens with zero attached hydrogens (tertiary/aromatic N) is 2. The summed E-state index contributed by atoms with van der Waals surface area (Å²) in [6.07, 6.45) is 10.1. The molecule has 0 saturated heterocycles. The van der Waals surface area contributed by atoms with Crippen molar-refractivity contribution < 1.29 is 4.74 Å². The van der Waals surface area contributed by atoms with E-state index in [2.05, 4.69) is 17.2 Å². The van der Waals surface area contributed by atoms with E-state index in [1.165, 1.54) is 36.9 Å². The van der Waals surface area contributed by atoms with Gasteiger partial charge in [-0.2, -0.15) is 0 Å². The van der Waals surface area contributed by atoms with E-state index in [4.69, 9.17) is 9.72 Å². The molecule has 2 aliphatic carbocycles. The van der Waals surface area contributed by atoms with Crippen molar-refractivity contribution in [2.75, 3.05) is 13.7 Å². The Hall–Kier alpha value is -1.00. The normalized spacial score (nSPS) is 24.6. The van der Waals surface area contributed by atoms with Crippen LogP contribution in [0, 0.1) is 0 Å². The summed E-state index contributed by atoms with van der Waals surface area (Å²) in [6.45, 7) is 2.80. The van der Waals surface area contributed by atoms with Gasteiger partial charge < -0.3 is 10.1 Å². The summed E-state index contributed by atoms with van der Waals surface area (Å²) in [5.74, 6) is 0.923.